The van der Waals surface area contributed by atoms with E-state index < -0.39 is 30.3 Å². The number of alkyl carbamates (subject to hydrolysis) is 1. The van der Waals surface area contributed by atoms with Crippen molar-refractivity contribution < 1.29 is 41.7 Å². The predicted octanol–water partition coefficient (Wildman–Crippen LogP) is 5.81. The summed E-state index contributed by atoms with van der Waals surface area (Å²) < 4.78 is 53.8. The summed E-state index contributed by atoms with van der Waals surface area (Å²) in [5.74, 6) is -1.20. The van der Waals surface area contributed by atoms with Gasteiger partial charge in [0.1, 0.15) is 11.9 Å². The van der Waals surface area contributed by atoms with Gasteiger partial charge in [0, 0.05) is 12.5 Å². The zero-order valence-corrected chi connectivity index (χ0v) is 21.2. The molecule has 1 aromatic carbocycles. The van der Waals surface area contributed by atoms with Crippen LogP contribution in [0.3, 0.4) is 0 Å². The lowest BCUT2D eigenvalue weighted by atomic mass is 9.94. The largest absolute Gasteiger partial charge is 0.486 e. The fourth-order valence-corrected chi connectivity index (χ4v) is 3.37. The number of nitrogens with one attached hydrogen (secondary N) is 1. The predicted molar refractivity (Wildman–Crippen MR) is 124 cm³/mol. The Morgan fingerprint density at radius 3 is 2.42 bits per heavy atom. The molecule has 0 saturated heterocycles. The van der Waals surface area contributed by atoms with E-state index in [1.165, 1.54) is 12.1 Å². The summed E-state index contributed by atoms with van der Waals surface area (Å²) in [5, 5.41) is 2.72. The molecule has 1 saturated carbocycles. The molecule has 3 rings (SSSR count). The van der Waals surface area contributed by atoms with E-state index in [0.717, 1.165) is 19.1 Å². The Labute approximate surface area is 208 Å². The summed E-state index contributed by atoms with van der Waals surface area (Å²) in [5.41, 5.74) is -0.629. The maximum atomic E-state index is 13.6. The minimum Gasteiger partial charge on any atom is -0.486 e. The van der Waals surface area contributed by atoms with Gasteiger partial charge in [0.25, 0.3) is 0 Å². The van der Waals surface area contributed by atoms with Gasteiger partial charge in [-0.25, -0.2) is 14.6 Å². The van der Waals surface area contributed by atoms with Crippen LogP contribution in [0.15, 0.2) is 22.8 Å². The van der Waals surface area contributed by atoms with Gasteiger partial charge >= 0.3 is 18.7 Å². The second-order valence-corrected chi connectivity index (χ2v) is 9.95. The molecule has 1 fully saturated rings. The van der Waals surface area contributed by atoms with Crippen LogP contribution in [0.1, 0.15) is 75.4 Å². The molecular weight excluding hydrogens is 478 g/mol. The molecule has 0 spiro atoms. The fourth-order valence-electron chi connectivity index (χ4n) is 3.37. The third kappa shape index (κ3) is 7.56. The van der Waals surface area contributed by atoms with Crippen molar-refractivity contribution in [2.45, 2.75) is 72.6 Å². The van der Waals surface area contributed by atoms with Crippen LogP contribution in [0.5, 0.6) is 17.2 Å². The molecule has 9 nitrogen and oxygen atoms in total. The van der Waals surface area contributed by atoms with E-state index in [2.05, 4.69) is 10.3 Å². The van der Waals surface area contributed by atoms with E-state index >= 15 is 0 Å². The van der Waals surface area contributed by atoms with Gasteiger partial charge in [-0.1, -0.05) is 13.8 Å². The number of alkyl halides is 2. The Balaban J connectivity index is 2.02. The first-order valence-corrected chi connectivity index (χ1v) is 11.7. The maximum absolute atomic E-state index is 13.6. The van der Waals surface area contributed by atoms with Crippen molar-refractivity contribution in [3.8, 4) is 17.2 Å². The Hall–Kier alpha value is -3.37. The highest BCUT2D eigenvalue weighted by Crippen LogP contribution is 2.46. The van der Waals surface area contributed by atoms with Crippen LogP contribution in [-0.2, 0) is 4.74 Å². The first-order chi connectivity index (χ1) is 16.8. The van der Waals surface area contributed by atoms with Gasteiger partial charge in [-0.3, -0.25) is 0 Å². The summed E-state index contributed by atoms with van der Waals surface area (Å²) in [6, 6.07) is 2.08. The van der Waals surface area contributed by atoms with Crippen LogP contribution in [0.2, 0.25) is 0 Å². The first-order valence-electron chi connectivity index (χ1n) is 11.7. The van der Waals surface area contributed by atoms with Gasteiger partial charge in [-0.05, 0) is 57.6 Å². The summed E-state index contributed by atoms with van der Waals surface area (Å²) in [4.78, 5) is 29.1. The number of rotatable bonds is 10. The van der Waals surface area contributed by atoms with E-state index in [1.807, 2.05) is 0 Å². The average Bonchev–Trinajstić information content (AvgIpc) is 3.48. The number of benzene rings is 1. The second kappa shape index (κ2) is 11.1. The molecule has 0 radical (unpaired) electrons. The van der Waals surface area contributed by atoms with Gasteiger partial charge in [0.05, 0.1) is 12.6 Å². The lowest BCUT2D eigenvalue weighted by Gasteiger charge is -2.28. The van der Waals surface area contributed by atoms with Crippen molar-refractivity contribution in [3.05, 3.63) is 35.5 Å². The smallest absolute Gasteiger partial charge is 0.408 e. The number of oxazole rings is 1. The molecule has 1 amide bonds. The number of aryl methyl sites for hydroxylation is 1. The van der Waals surface area contributed by atoms with Crippen molar-refractivity contribution in [2.24, 2.45) is 11.8 Å². The number of esters is 1. The average molecular weight is 511 g/mol. The molecule has 1 aliphatic rings. The van der Waals surface area contributed by atoms with E-state index in [9.17, 15) is 18.4 Å². The Bertz CT molecular complexity index is 1070. The van der Waals surface area contributed by atoms with Crippen molar-refractivity contribution in [2.75, 3.05) is 6.61 Å². The molecule has 1 aliphatic carbocycles. The number of carbonyl (C=O) groups is 2. The highest BCUT2D eigenvalue weighted by Gasteiger charge is 2.32. The molecule has 198 valence electrons. The number of hydrogen-bond acceptors (Lipinski definition) is 8. The van der Waals surface area contributed by atoms with Crippen LogP contribution in [0, 0.1) is 18.8 Å². The van der Waals surface area contributed by atoms with Crippen molar-refractivity contribution in [3.63, 3.8) is 0 Å². The standard InChI is InChI=1S/C25H32F2N2O7/c1-13(2)19(29-24(31)36-25(4,5)6)16-9-10-18(34-22(30)17-12-32-14(3)28-17)21(20(16)35-23(26)27)33-11-15-7-8-15/h9-10,12-13,15,19,23H,7-8,11H2,1-6H3,(H,29,31). The second-order valence-electron chi connectivity index (χ2n) is 9.95. The van der Waals surface area contributed by atoms with Gasteiger partial charge in [-0.15, -0.1) is 0 Å². The van der Waals surface area contributed by atoms with E-state index in [0.29, 0.717) is 0 Å². The highest BCUT2D eigenvalue weighted by atomic mass is 19.3. The van der Waals surface area contributed by atoms with Gasteiger partial charge in [0.15, 0.2) is 23.1 Å². The number of carbonyl (C=O) groups excluding carboxylic acids is 2. The van der Waals surface area contributed by atoms with Crippen molar-refractivity contribution in [1.29, 1.82) is 0 Å². The zero-order valence-electron chi connectivity index (χ0n) is 21.2. The number of amides is 1. The van der Waals surface area contributed by atoms with Crippen LogP contribution in [-0.4, -0.2) is 35.9 Å². The SMILES string of the molecule is Cc1nc(C(=O)Oc2ccc(C(NC(=O)OC(C)(C)C)C(C)C)c(OC(F)F)c2OCC2CC2)co1. The fraction of sp³-hybridized carbons (Fsp3) is 0.560. The first kappa shape index (κ1) is 27.2. The van der Waals surface area contributed by atoms with Crippen LogP contribution >= 0.6 is 0 Å². The zero-order chi connectivity index (χ0) is 26.6. The number of halogens is 2. The van der Waals surface area contributed by atoms with Crippen LogP contribution in [0.4, 0.5) is 13.6 Å². The van der Waals surface area contributed by atoms with Gasteiger partial charge in [-0.2, -0.15) is 8.78 Å². The normalized spacial score (nSPS) is 14.5. The van der Waals surface area contributed by atoms with Crippen LogP contribution in [0.25, 0.3) is 0 Å². The third-order valence-electron chi connectivity index (χ3n) is 5.18. The molecule has 11 heteroatoms. The quantitative estimate of drug-likeness (QED) is 0.315. The molecule has 1 aromatic heterocycles. The molecule has 2 aromatic rings. The third-order valence-corrected chi connectivity index (χ3v) is 5.18. The summed E-state index contributed by atoms with van der Waals surface area (Å²) in [6.07, 6.45) is 2.29. The van der Waals surface area contributed by atoms with Crippen LogP contribution < -0.4 is 19.5 Å². The van der Waals surface area contributed by atoms with Crippen molar-refractivity contribution in [1.82, 2.24) is 10.3 Å². The Morgan fingerprint density at radius 2 is 1.89 bits per heavy atom. The number of ether oxygens (including phenoxy) is 4. The lowest BCUT2D eigenvalue weighted by Crippen LogP contribution is -2.37. The maximum Gasteiger partial charge on any atom is 0.408 e. The molecular formula is C25H32F2N2O7. The van der Waals surface area contributed by atoms with E-state index in [-0.39, 0.29) is 52.8 Å². The topological polar surface area (TPSA) is 109 Å². The number of aromatic nitrogens is 1. The minimum atomic E-state index is -3.20. The molecule has 1 N–H and O–H groups in total. The van der Waals surface area contributed by atoms with Crippen molar-refractivity contribution >= 4 is 12.1 Å². The van der Waals surface area contributed by atoms with E-state index in [4.69, 9.17) is 23.4 Å². The summed E-state index contributed by atoms with van der Waals surface area (Å²) in [6.45, 7) is 7.34. The monoisotopic (exact) mass is 510 g/mol. The summed E-state index contributed by atoms with van der Waals surface area (Å²) in [7, 11) is 0. The molecule has 1 heterocycles. The number of hydrogen-bond donors (Lipinski definition) is 1. The Morgan fingerprint density at radius 1 is 1.19 bits per heavy atom. The minimum absolute atomic E-state index is 0.0901. The molecule has 36 heavy (non-hydrogen) atoms. The summed E-state index contributed by atoms with van der Waals surface area (Å²) >= 11 is 0. The lowest BCUT2D eigenvalue weighted by molar-refractivity contribution is -0.0527. The molecule has 1 unspecified atom stereocenters. The van der Waals surface area contributed by atoms with Gasteiger partial charge in [0.2, 0.25) is 5.75 Å². The van der Waals surface area contributed by atoms with Gasteiger partial charge < -0.3 is 28.7 Å². The molecule has 0 bridgehead atoms. The Kier molecular flexibility index (Phi) is 8.42. The van der Waals surface area contributed by atoms with E-state index in [1.54, 1.807) is 41.5 Å². The molecule has 0 aliphatic heterocycles. The highest BCUT2D eigenvalue weighted by molar-refractivity contribution is 5.89. The molecule has 1 atom stereocenters. The number of nitrogens with zero attached hydrogens (tertiary/aromatic N) is 1.